The average molecular weight is 371 g/mol. The number of halogens is 1. The zero-order chi connectivity index (χ0) is 13.0. The highest BCUT2D eigenvalue weighted by atomic mass is 127. The summed E-state index contributed by atoms with van der Waals surface area (Å²) in [5.74, 6) is 0.0164. The molecule has 0 aliphatic rings. The van der Waals surface area contributed by atoms with Crippen LogP contribution in [0.4, 0.5) is 0 Å². The number of rotatable bonds is 4. The molecule has 2 nitrogen and oxygen atoms in total. The van der Waals surface area contributed by atoms with Gasteiger partial charge in [0, 0.05) is 11.9 Å². The molecule has 0 aliphatic heterocycles. The van der Waals surface area contributed by atoms with E-state index in [1.165, 1.54) is 11.1 Å². The summed E-state index contributed by atoms with van der Waals surface area (Å²) in [7, 11) is 0. The maximum absolute atomic E-state index is 11.8. The fourth-order valence-electron chi connectivity index (χ4n) is 1.73. The average Bonchev–Trinajstić information content (AvgIpc) is 2.78. The first-order valence-corrected chi connectivity index (χ1v) is 7.69. The predicted molar refractivity (Wildman–Crippen MR) is 84.3 cm³/mol. The van der Waals surface area contributed by atoms with Gasteiger partial charge >= 0.3 is 0 Å². The van der Waals surface area contributed by atoms with Crippen LogP contribution < -0.4 is 5.32 Å². The molecular weight excluding hydrogens is 357 g/mol. The van der Waals surface area contributed by atoms with Gasteiger partial charge in [0.05, 0.1) is 8.45 Å². The Bertz CT molecular complexity index is 550. The largest absolute Gasteiger partial charge is 0.352 e. The lowest BCUT2D eigenvalue weighted by molar-refractivity contribution is 0.0954. The number of aryl methyl sites for hydroxylation is 1. The molecule has 0 saturated carbocycles. The first kappa shape index (κ1) is 13.5. The van der Waals surface area contributed by atoms with Gasteiger partial charge in [0.25, 0.3) is 5.91 Å². The molecule has 0 spiro atoms. The molecule has 1 aromatic carbocycles. The first-order chi connectivity index (χ1) is 8.66. The minimum Gasteiger partial charge on any atom is -0.352 e. The van der Waals surface area contributed by atoms with Crippen LogP contribution in [-0.4, -0.2) is 12.5 Å². The number of hydrogen-bond donors (Lipinski definition) is 1. The fraction of sp³-hybridized carbons (Fsp3) is 0.214. The summed E-state index contributed by atoms with van der Waals surface area (Å²) in [6, 6.07) is 10.2. The van der Waals surface area contributed by atoms with Crippen molar-refractivity contribution in [3.05, 3.63) is 55.3 Å². The Hall–Kier alpha value is -0.880. The van der Waals surface area contributed by atoms with Gasteiger partial charge in [0.1, 0.15) is 0 Å². The number of hydrogen-bond acceptors (Lipinski definition) is 2. The number of benzene rings is 1. The third kappa shape index (κ3) is 3.55. The Labute approximate surface area is 125 Å². The van der Waals surface area contributed by atoms with Crippen molar-refractivity contribution in [3.8, 4) is 0 Å². The standard InChI is InChI=1S/C14H14INOS/c1-10-4-2-3-5-11(10)6-7-16-14(17)12-8-13(15)18-9-12/h2-5,8-9H,6-7H2,1H3,(H,16,17). The number of amides is 1. The lowest BCUT2D eigenvalue weighted by Gasteiger charge is -2.06. The molecule has 0 saturated heterocycles. The Kier molecular flexibility index (Phi) is 4.77. The van der Waals surface area contributed by atoms with E-state index < -0.39 is 0 Å². The quantitative estimate of drug-likeness (QED) is 0.818. The fourth-order valence-corrected chi connectivity index (χ4v) is 3.06. The first-order valence-electron chi connectivity index (χ1n) is 5.73. The van der Waals surface area contributed by atoms with Crippen molar-refractivity contribution in [2.24, 2.45) is 0 Å². The molecule has 94 valence electrons. The molecule has 1 heterocycles. The third-order valence-corrected chi connectivity index (χ3v) is 4.56. The van der Waals surface area contributed by atoms with Crippen LogP contribution in [0.5, 0.6) is 0 Å². The summed E-state index contributed by atoms with van der Waals surface area (Å²) in [5, 5.41) is 4.85. The molecule has 0 atom stereocenters. The highest BCUT2D eigenvalue weighted by Crippen LogP contribution is 2.16. The normalized spacial score (nSPS) is 10.3. The van der Waals surface area contributed by atoms with Gasteiger partial charge in [0.15, 0.2) is 0 Å². The predicted octanol–water partition coefficient (Wildman–Crippen LogP) is 3.63. The Balaban J connectivity index is 1.86. The summed E-state index contributed by atoms with van der Waals surface area (Å²) < 4.78 is 1.14. The number of thiophene rings is 1. The summed E-state index contributed by atoms with van der Waals surface area (Å²) in [4.78, 5) is 11.8. The maximum atomic E-state index is 11.8. The van der Waals surface area contributed by atoms with Gasteiger partial charge < -0.3 is 5.32 Å². The van der Waals surface area contributed by atoms with E-state index in [9.17, 15) is 4.79 Å². The summed E-state index contributed by atoms with van der Waals surface area (Å²) in [6.45, 7) is 2.77. The van der Waals surface area contributed by atoms with Gasteiger partial charge in [-0.3, -0.25) is 4.79 Å². The van der Waals surface area contributed by atoms with Gasteiger partial charge in [-0.05, 0) is 53.1 Å². The Morgan fingerprint density at radius 2 is 2.17 bits per heavy atom. The van der Waals surface area contributed by atoms with Crippen molar-refractivity contribution in [1.29, 1.82) is 0 Å². The zero-order valence-electron chi connectivity index (χ0n) is 10.1. The number of nitrogens with one attached hydrogen (secondary N) is 1. The van der Waals surface area contributed by atoms with Crippen LogP contribution >= 0.6 is 33.9 Å². The number of carbonyl (C=O) groups is 1. The Morgan fingerprint density at radius 1 is 1.39 bits per heavy atom. The molecule has 1 amide bonds. The molecule has 2 aromatic rings. The molecule has 0 bridgehead atoms. The van der Waals surface area contributed by atoms with Crippen molar-refractivity contribution in [3.63, 3.8) is 0 Å². The lowest BCUT2D eigenvalue weighted by atomic mass is 10.1. The van der Waals surface area contributed by atoms with Crippen LogP contribution in [0.25, 0.3) is 0 Å². The molecule has 2 rings (SSSR count). The van der Waals surface area contributed by atoms with Crippen LogP contribution in [0.1, 0.15) is 21.5 Å². The van der Waals surface area contributed by atoms with Gasteiger partial charge in [-0.25, -0.2) is 0 Å². The summed E-state index contributed by atoms with van der Waals surface area (Å²) >= 11 is 3.81. The molecule has 0 aliphatic carbocycles. The topological polar surface area (TPSA) is 29.1 Å². The monoisotopic (exact) mass is 371 g/mol. The second-order valence-electron chi connectivity index (χ2n) is 4.07. The highest BCUT2D eigenvalue weighted by Gasteiger charge is 2.07. The second kappa shape index (κ2) is 6.33. The summed E-state index contributed by atoms with van der Waals surface area (Å²) in [5.41, 5.74) is 3.32. The molecule has 0 unspecified atom stereocenters. The van der Waals surface area contributed by atoms with E-state index >= 15 is 0 Å². The summed E-state index contributed by atoms with van der Waals surface area (Å²) in [6.07, 6.45) is 0.875. The van der Waals surface area contributed by atoms with Crippen LogP contribution in [0.3, 0.4) is 0 Å². The molecule has 0 radical (unpaired) electrons. The van der Waals surface area contributed by atoms with Crippen molar-refractivity contribution in [1.82, 2.24) is 5.32 Å². The van der Waals surface area contributed by atoms with E-state index in [2.05, 4.69) is 47.0 Å². The molecule has 18 heavy (non-hydrogen) atoms. The molecular formula is C14H14INOS. The third-order valence-electron chi connectivity index (χ3n) is 2.77. The molecule has 1 aromatic heterocycles. The van der Waals surface area contributed by atoms with Gasteiger partial charge in [-0.15, -0.1) is 11.3 Å². The van der Waals surface area contributed by atoms with Gasteiger partial charge in [-0.2, -0.15) is 0 Å². The van der Waals surface area contributed by atoms with Gasteiger partial charge in [-0.1, -0.05) is 24.3 Å². The number of carbonyl (C=O) groups excluding carboxylic acids is 1. The van der Waals surface area contributed by atoms with Crippen LogP contribution in [0.2, 0.25) is 0 Å². The SMILES string of the molecule is Cc1ccccc1CCNC(=O)c1csc(I)c1. The minimum absolute atomic E-state index is 0.0164. The minimum atomic E-state index is 0.0164. The second-order valence-corrected chi connectivity index (χ2v) is 6.88. The van der Waals surface area contributed by atoms with Crippen molar-refractivity contribution in [2.45, 2.75) is 13.3 Å². The van der Waals surface area contributed by atoms with Crippen molar-refractivity contribution >= 4 is 39.8 Å². The van der Waals surface area contributed by atoms with E-state index in [1.807, 2.05) is 23.6 Å². The van der Waals surface area contributed by atoms with Crippen LogP contribution in [-0.2, 0) is 6.42 Å². The van der Waals surface area contributed by atoms with Crippen LogP contribution in [0, 0.1) is 9.81 Å². The van der Waals surface area contributed by atoms with Crippen molar-refractivity contribution in [2.75, 3.05) is 6.54 Å². The molecule has 1 N–H and O–H groups in total. The van der Waals surface area contributed by atoms with E-state index in [0.717, 1.165) is 14.9 Å². The van der Waals surface area contributed by atoms with E-state index in [4.69, 9.17) is 0 Å². The molecule has 4 heteroatoms. The van der Waals surface area contributed by atoms with E-state index in [-0.39, 0.29) is 5.91 Å². The molecule has 0 fully saturated rings. The van der Waals surface area contributed by atoms with Crippen molar-refractivity contribution < 1.29 is 4.79 Å². The van der Waals surface area contributed by atoms with E-state index in [1.54, 1.807) is 11.3 Å². The Morgan fingerprint density at radius 3 is 2.83 bits per heavy atom. The highest BCUT2D eigenvalue weighted by molar-refractivity contribution is 14.1. The lowest BCUT2D eigenvalue weighted by Crippen LogP contribution is -2.25. The van der Waals surface area contributed by atoms with E-state index in [0.29, 0.717) is 6.54 Å². The van der Waals surface area contributed by atoms with Crippen LogP contribution in [0.15, 0.2) is 35.7 Å². The smallest absolute Gasteiger partial charge is 0.252 e. The zero-order valence-corrected chi connectivity index (χ0v) is 13.0. The van der Waals surface area contributed by atoms with Gasteiger partial charge in [0.2, 0.25) is 0 Å². The maximum Gasteiger partial charge on any atom is 0.252 e.